The summed E-state index contributed by atoms with van der Waals surface area (Å²) in [5.41, 5.74) is 1.23. The molecule has 0 bridgehead atoms. The molecule has 0 saturated carbocycles. The summed E-state index contributed by atoms with van der Waals surface area (Å²) in [6.07, 6.45) is 1.36. The molecule has 0 aliphatic carbocycles. The van der Waals surface area contributed by atoms with Crippen LogP contribution >= 0.6 is 15.9 Å². The van der Waals surface area contributed by atoms with Crippen LogP contribution in [0.5, 0.6) is 5.75 Å². The Morgan fingerprint density at radius 3 is 2.68 bits per heavy atom. The van der Waals surface area contributed by atoms with E-state index in [1.165, 1.54) is 0 Å². The second kappa shape index (κ2) is 4.51. The molecule has 1 heterocycles. The van der Waals surface area contributed by atoms with Crippen molar-refractivity contribution in [3.8, 4) is 5.75 Å². The number of rotatable bonds is 3. The third kappa shape index (κ3) is 2.94. The first-order valence-corrected chi connectivity index (χ1v) is 7.14. The van der Waals surface area contributed by atoms with Crippen LogP contribution in [0.2, 0.25) is 0 Å². The SMILES string of the molecule is CC1(C)Cc2cc(CC(C)(C)C(=O)O)cc(Br)c2O1. The molecule has 0 radical (unpaired) electrons. The van der Waals surface area contributed by atoms with E-state index in [-0.39, 0.29) is 5.60 Å². The van der Waals surface area contributed by atoms with Crippen molar-refractivity contribution in [2.75, 3.05) is 0 Å². The van der Waals surface area contributed by atoms with Gasteiger partial charge in [-0.05, 0) is 67.2 Å². The summed E-state index contributed by atoms with van der Waals surface area (Å²) in [6.45, 7) is 7.61. The number of hydrogen-bond donors (Lipinski definition) is 1. The van der Waals surface area contributed by atoms with Crippen molar-refractivity contribution in [1.82, 2.24) is 0 Å². The maximum absolute atomic E-state index is 11.2. The van der Waals surface area contributed by atoms with Gasteiger partial charge in [0, 0.05) is 6.42 Å². The topological polar surface area (TPSA) is 46.5 Å². The fourth-order valence-corrected chi connectivity index (χ4v) is 3.05. The lowest BCUT2D eigenvalue weighted by atomic mass is 9.85. The lowest BCUT2D eigenvalue weighted by Gasteiger charge is -2.19. The van der Waals surface area contributed by atoms with Crippen LogP contribution in [-0.4, -0.2) is 16.7 Å². The smallest absolute Gasteiger partial charge is 0.309 e. The zero-order valence-electron chi connectivity index (χ0n) is 11.7. The highest BCUT2D eigenvalue weighted by Crippen LogP contribution is 2.41. The minimum Gasteiger partial charge on any atom is -0.486 e. The Balaban J connectivity index is 2.32. The van der Waals surface area contributed by atoms with Gasteiger partial charge in [0.05, 0.1) is 9.89 Å². The molecule has 1 N–H and O–H groups in total. The van der Waals surface area contributed by atoms with Crippen LogP contribution in [0.25, 0.3) is 0 Å². The number of halogens is 1. The zero-order chi connectivity index (χ0) is 14.4. The standard InChI is InChI=1S/C15H19BrO3/c1-14(2,13(17)18)7-9-5-10-8-15(3,4)19-12(10)11(16)6-9/h5-6H,7-8H2,1-4H3,(H,17,18). The third-order valence-electron chi connectivity index (χ3n) is 3.40. The van der Waals surface area contributed by atoms with Gasteiger partial charge in [-0.3, -0.25) is 4.79 Å². The first-order chi connectivity index (χ1) is 8.61. The molecule has 4 heteroatoms. The molecule has 0 fully saturated rings. The minimum absolute atomic E-state index is 0.189. The number of benzene rings is 1. The minimum atomic E-state index is -0.777. The van der Waals surface area contributed by atoms with Crippen molar-refractivity contribution in [3.63, 3.8) is 0 Å². The van der Waals surface area contributed by atoms with Crippen molar-refractivity contribution >= 4 is 21.9 Å². The summed E-state index contributed by atoms with van der Waals surface area (Å²) in [5.74, 6) is 0.114. The van der Waals surface area contributed by atoms with Crippen LogP contribution in [0.3, 0.4) is 0 Å². The van der Waals surface area contributed by atoms with E-state index in [9.17, 15) is 9.90 Å². The van der Waals surface area contributed by atoms with Crippen LogP contribution < -0.4 is 4.74 Å². The van der Waals surface area contributed by atoms with Gasteiger partial charge in [0.1, 0.15) is 11.4 Å². The lowest BCUT2D eigenvalue weighted by molar-refractivity contribution is -0.146. The van der Waals surface area contributed by atoms with Crippen molar-refractivity contribution in [3.05, 3.63) is 27.7 Å². The van der Waals surface area contributed by atoms with Gasteiger partial charge in [0.15, 0.2) is 0 Å². The first kappa shape index (κ1) is 14.4. The van der Waals surface area contributed by atoms with Crippen LogP contribution in [0, 0.1) is 5.41 Å². The number of carbonyl (C=O) groups is 1. The summed E-state index contributed by atoms with van der Waals surface area (Å²) in [5, 5.41) is 9.21. The molecular weight excluding hydrogens is 308 g/mol. The Morgan fingerprint density at radius 1 is 1.47 bits per heavy atom. The molecule has 0 aromatic heterocycles. The molecule has 0 spiro atoms. The van der Waals surface area contributed by atoms with Gasteiger partial charge in [-0.1, -0.05) is 6.07 Å². The third-order valence-corrected chi connectivity index (χ3v) is 3.99. The highest BCUT2D eigenvalue weighted by molar-refractivity contribution is 9.10. The molecule has 19 heavy (non-hydrogen) atoms. The van der Waals surface area contributed by atoms with Gasteiger partial charge in [-0.15, -0.1) is 0 Å². The van der Waals surface area contributed by atoms with Gasteiger partial charge in [0.25, 0.3) is 0 Å². The fourth-order valence-electron chi connectivity index (χ4n) is 2.42. The molecule has 0 unspecified atom stereocenters. The van der Waals surface area contributed by atoms with E-state index < -0.39 is 11.4 Å². The average Bonchev–Trinajstić information content (AvgIpc) is 2.52. The van der Waals surface area contributed by atoms with E-state index in [2.05, 4.69) is 35.8 Å². The molecule has 104 valence electrons. The molecule has 0 saturated heterocycles. The maximum Gasteiger partial charge on any atom is 0.309 e. The van der Waals surface area contributed by atoms with Crippen molar-refractivity contribution in [2.24, 2.45) is 5.41 Å². The highest BCUT2D eigenvalue weighted by Gasteiger charge is 2.33. The number of carboxylic acids is 1. The van der Waals surface area contributed by atoms with Crippen LogP contribution in [0.1, 0.15) is 38.8 Å². The van der Waals surface area contributed by atoms with Gasteiger partial charge >= 0.3 is 5.97 Å². The molecule has 1 aromatic carbocycles. The zero-order valence-corrected chi connectivity index (χ0v) is 13.3. The monoisotopic (exact) mass is 326 g/mol. The van der Waals surface area contributed by atoms with Crippen molar-refractivity contribution < 1.29 is 14.6 Å². The number of ether oxygens (including phenoxy) is 1. The van der Waals surface area contributed by atoms with E-state index in [0.717, 1.165) is 27.8 Å². The molecule has 1 aromatic rings. The Morgan fingerprint density at radius 2 is 2.11 bits per heavy atom. The number of fused-ring (bicyclic) bond motifs is 1. The number of hydrogen-bond acceptors (Lipinski definition) is 2. The van der Waals surface area contributed by atoms with Gasteiger partial charge in [-0.25, -0.2) is 0 Å². The van der Waals surface area contributed by atoms with Crippen LogP contribution in [-0.2, 0) is 17.6 Å². The fraction of sp³-hybridized carbons (Fsp3) is 0.533. The Hall–Kier alpha value is -1.03. The number of aliphatic carboxylic acids is 1. The molecule has 3 nitrogen and oxygen atoms in total. The maximum atomic E-state index is 11.2. The second-order valence-corrected chi connectivity index (χ2v) is 7.32. The lowest BCUT2D eigenvalue weighted by Crippen LogP contribution is -2.26. The molecule has 0 atom stereocenters. The second-order valence-electron chi connectivity index (χ2n) is 6.47. The van der Waals surface area contributed by atoms with E-state index >= 15 is 0 Å². The quantitative estimate of drug-likeness (QED) is 0.918. The summed E-state index contributed by atoms with van der Waals surface area (Å²) < 4.78 is 6.80. The molecular formula is C15H19BrO3. The molecule has 2 rings (SSSR count). The molecule has 0 amide bonds. The number of carboxylic acid groups (broad SMARTS) is 1. The first-order valence-electron chi connectivity index (χ1n) is 6.34. The predicted octanol–water partition coefficient (Wildman–Crippen LogP) is 3.82. The average molecular weight is 327 g/mol. The van der Waals surface area contributed by atoms with E-state index in [4.69, 9.17) is 4.74 Å². The largest absolute Gasteiger partial charge is 0.486 e. The summed E-state index contributed by atoms with van der Waals surface area (Å²) in [6, 6.07) is 4.03. The van der Waals surface area contributed by atoms with E-state index in [0.29, 0.717) is 6.42 Å². The highest BCUT2D eigenvalue weighted by atomic mass is 79.9. The van der Waals surface area contributed by atoms with Gasteiger partial charge in [-0.2, -0.15) is 0 Å². The Labute approximate surface area is 122 Å². The van der Waals surface area contributed by atoms with Crippen LogP contribution in [0.4, 0.5) is 0 Å². The molecule has 1 aliphatic heterocycles. The Bertz CT molecular complexity index is 532. The van der Waals surface area contributed by atoms with Gasteiger partial charge < -0.3 is 9.84 Å². The van der Waals surface area contributed by atoms with Crippen molar-refractivity contribution in [1.29, 1.82) is 0 Å². The predicted molar refractivity (Wildman–Crippen MR) is 77.7 cm³/mol. The normalized spacial score (nSPS) is 16.9. The summed E-state index contributed by atoms with van der Waals surface area (Å²) in [7, 11) is 0. The van der Waals surface area contributed by atoms with Gasteiger partial charge in [0.2, 0.25) is 0 Å². The summed E-state index contributed by atoms with van der Waals surface area (Å²) in [4.78, 5) is 11.2. The van der Waals surface area contributed by atoms with E-state index in [1.807, 2.05) is 6.07 Å². The van der Waals surface area contributed by atoms with Crippen molar-refractivity contribution in [2.45, 2.75) is 46.1 Å². The Kier molecular flexibility index (Phi) is 3.42. The molecule has 1 aliphatic rings. The van der Waals surface area contributed by atoms with E-state index in [1.54, 1.807) is 13.8 Å². The van der Waals surface area contributed by atoms with Crippen LogP contribution in [0.15, 0.2) is 16.6 Å². The summed E-state index contributed by atoms with van der Waals surface area (Å²) >= 11 is 3.52.